The summed E-state index contributed by atoms with van der Waals surface area (Å²) in [5.41, 5.74) is 2.12. The summed E-state index contributed by atoms with van der Waals surface area (Å²) in [4.78, 5) is 14.3. The van der Waals surface area contributed by atoms with Crippen molar-refractivity contribution in [3.05, 3.63) is 17.5 Å². The minimum Gasteiger partial charge on any atom is -0.444 e. The van der Waals surface area contributed by atoms with Gasteiger partial charge in [-0.15, -0.1) is 0 Å². The van der Waals surface area contributed by atoms with Gasteiger partial charge >= 0.3 is 6.09 Å². The minimum atomic E-state index is -0.453. The molecule has 0 spiro atoms. The zero-order valence-corrected chi connectivity index (χ0v) is 16.1. The topological polar surface area (TPSA) is 56.6 Å². The van der Waals surface area contributed by atoms with Crippen LogP contribution >= 0.6 is 0 Å². The van der Waals surface area contributed by atoms with Gasteiger partial charge in [0.2, 0.25) is 0 Å². The van der Waals surface area contributed by atoms with E-state index in [0.29, 0.717) is 12.0 Å². The zero-order valence-electron chi connectivity index (χ0n) is 16.1. The van der Waals surface area contributed by atoms with Crippen LogP contribution in [0.25, 0.3) is 0 Å². The van der Waals surface area contributed by atoms with Crippen molar-refractivity contribution < 1.29 is 14.3 Å². The number of ether oxygens (including phenoxy) is 2. The van der Waals surface area contributed by atoms with Gasteiger partial charge in [0, 0.05) is 30.8 Å². The van der Waals surface area contributed by atoms with E-state index in [-0.39, 0.29) is 12.1 Å². The Morgan fingerprint density at radius 2 is 2.12 bits per heavy atom. The maximum absolute atomic E-state index is 12.4. The molecule has 1 aromatic heterocycles. The maximum atomic E-state index is 12.4. The number of piperidine rings is 1. The van der Waals surface area contributed by atoms with E-state index in [1.165, 1.54) is 11.3 Å². The SMILES string of the molecule is Cc1cnn([C@H]2CCOC2)c1[C@@H]1CCN(C(=O)OC(C)(C)C)[C@H](C)C1. The van der Waals surface area contributed by atoms with Crippen LogP contribution in [-0.4, -0.2) is 52.2 Å². The Morgan fingerprint density at radius 1 is 1.36 bits per heavy atom. The molecule has 0 bridgehead atoms. The molecule has 3 atom stereocenters. The van der Waals surface area contributed by atoms with Gasteiger partial charge in [-0.2, -0.15) is 5.10 Å². The molecule has 1 amide bonds. The normalized spacial score (nSPS) is 27.6. The summed E-state index contributed by atoms with van der Waals surface area (Å²) in [6.45, 7) is 12.3. The van der Waals surface area contributed by atoms with Gasteiger partial charge < -0.3 is 14.4 Å². The largest absolute Gasteiger partial charge is 0.444 e. The lowest BCUT2D eigenvalue weighted by molar-refractivity contribution is 0.0100. The van der Waals surface area contributed by atoms with Crippen molar-refractivity contribution in [1.82, 2.24) is 14.7 Å². The van der Waals surface area contributed by atoms with Crippen molar-refractivity contribution >= 4 is 6.09 Å². The van der Waals surface area contributed by atoms with E-state index in [1.54, 1.807) is 0 Å². The highest BCUT2D eigenvalue weighted by Gasteiger charge is 2.35. The van der Waals surface area contributed by atoms with Gasteiger partial charge in [-0.25, -0.2) is 4.79 Å². The smallest absolute Gasteiger partial charge is 0.410 e. The van der Waals surface area contributed by atoms with Crippen molar-refractivity contribution in [2.24, 2.45) is 0 Å². The molecule has 0 saturated carbocycles. The fourth-order valence-corrected chi connectivity index (χ4v) is 3.99. The summed E-state index contributed by atoms with van der Waals surface area (Å²) in [7, 11) is 0. The van der Waals surface area contributed by atoms with Crippen molar-refractivity contribution in [3.8, 4) is 0 Å². The van der Waals surface area contributed by atoms with Crippen molar-refractivity contribution in [2.75, 3.05) is 19.8 Å². The van der Waals surface area contributed by atoms with Gasteiger partial charge in [-0.3, -0.25) is 4.68 Å². The van der Waals surface area contributed by atoms with Crippen molar-refractivity contribution in [3.63, 3.8) is 0 Å². The number of carbonyl (C=O) groups excluding carboxylic acids is 1. The first-order valence-corrected chi connectivity index (χ1v) is 9.37. The van der Waals surface area contributed by atoms with Crippen LogP contribution in [0.5, 0.6) is 0 Å². The predicted octanol–water partition coefficient (Wildman–Crippen LogP) is 3.66. The van der Waals surface area contributed by atoms with E-state index < -0.39 is 5.60 Å². The molecular formula is C19H31N3O3. The highest BCUT2D eigenvalue weighted by atomic mass is 16.6. The maximum Gasteiger partial charge on any atom is 0.410 e. The van der Waals surface area contributed by atoms with E-state index in [4.69, 9.17) is 9.47 Å². The number of hydrogen-bond donors (Lipinski definition) is 0. The number of rotatable bonds is 2. The first-order valence-electron chi connectivity index (χ1n) is 9.37. The quantitative estimate of drug-likeness (QED) is 0.818. The molecule has 0 aromatic carbocycles. The average Bonchev–Trinajstić information content (AvgIpc) is 3.14. The van der Waals surface area contributed by atoms with Crippen LogP contribution in [-0.2, 0) is 9.47 Å². The lowest BCUT2D eigenvalue weighted by Crippen LogP contribution is -2.46. The molecule has 2 aliphatic rings. The number of nitrogens with zero attached hydrogens (tertiary/aromatic N) is 3. The Labute approximate surface area is 150 Å². The second kappa shape index (κ2) is 6.98. The van der Waals surface area contributed by atoms with E-state index in [2.05, 4.69) is 23.6 Å². The molecule has 0 unspecified atom stereocenters. The molecule has 2 aliphatic heterocycles. The average molecular weight is 349 g/mol. The molecule has 2 saturated heterocycles. The van der Waals surface area contributed by atoms with E-state index >= 15 is 0 Å². The summed E-state index contributed by atoms with van der Waals surface area (Å²) in [5.74, 6) is 0.428. The number of carbonyl (C=O) groups is 1. The summed E-state index contributed by atoms with van der Waals surface area (Å²) in [6, 6.07) is 0.513. The molecule has 3 rings (SSSR count). The number of aromatic nitrogens is 2. The zero-order chi connectivity index (χ0) is 18.2. The molecule has 6 heteroatoms. The third-order valence-corrected chi connectivity index (χ3v) is 5.17. The van der Waals surface area contributed by atoms with E-state index in [0.717, 1.165) is 39.0 Å². The monoisotopic (exact) mass is 349 g/mol. The van der Waals surface area contributed by atoms with Gasteiger partial charge in [0.05, 0.1) is 18.8 Å². The van der Waals surface area contributed by atoms with Gasteiger partial charge in [0.1, 0.15) is 5.60 Å². The minimum absolute atomic E-state index is 0.163. The third-order valence-electron chi connectivity index (χ3n) is 5.17. The second-order valence-corrected chi connectivity index (χ2v) is 8.42. The number of aryl methyl sites for hydroxylation is 1. The van der Waals surface area contributed by atoms with Crippen LogP contribution in [0.2, 0.25) is 0 Å². The Hall–Kier alpha value is -1.56. The molecule has 2 fully saturated rings. The van der Waals surface area contributed by atoms with E-state index in [9.17, 15) is 4.79 Å². The molecule has 140 valence electrons. The molecular weight excluding hydrogens is 318 g/mol. The van der Waals surface area contributed by atoms with Gasteiger partial charge in [0.25, 0.3) is 0 Å². The number of amides is 1. The van der Waals surface area contributed by atoms with Crippen LogP contribution in [0.15, 0.2) is 6.20 Å². The Kier molecular flexibility index (Phi) is 5.09. The van der Waals surface area contributed by atoms with Crippen LogP contribution < -0.4 is 0 Å². The molecule has 25 heavy (non-hydrogen) atoms. The number of hydrogen-bond acceptors (Lipinski definition) is 4. The second-order valence-electron chi connectivity index (χ2n) is 8.42. The molecule has 0 aliphatic carbocycles. The van der Waals surface area contributed by atoms with Crippen molar-refractivity contribution in [1.29, 1.82) is 0 Å². The van der Waals surface area contributed by atoms with Crippen LogP contribution in [0.4, 0.5) is 4.79 Å². The van der Waals surface area contributed by atoms with Crippen LogP contribution in [0.3, 0.4) is 0 Å². The van der Waals surface area contributed by atoms with E-state index in [1.807, 2.05) is 31.9 Å². The molecule has 6 nitrogen and oxygen atoms in total. The molecule has 1 aromatic rings. The predicted molar refractivity (Wildman–Crippen MR) is 95.8 cm³/mol. The highest BCUT2D eigenvalue weighted by Crippen LogP contribution is 2.36. The fraction of sp³-hybridized carbons (Fsp3) is 0.789. The Bertz CT molecular complexity index is 614. The fourth-order valence-electron chi connectivity index (χ4n) is 3.99. The van der Waals surface area contributed by atoms with Gasteiger partial charge in [-0.05, 0) is 59.4 Å². The molecule has 0 radical (unpaired) electrons. The first-order chi connectivity index (χ1) is 11.8. The Morgan fingerprint density at radius 3 is 2.72 bits per heavy atom. The van der Waals surface area contributed by atoms with Crippen molar-refractivity contribution in [2.45, 2.75) is 77.5 Å². The van der Waals surface area contributed by atoms with Crippen LogP contribution in [0.1, 0.15) is 70.2 Å². The molecule has 0 N–H and O–H groups in total. The lowest BCUT2D eigenvalue weighted by atomic mass is 9.87. The summed E-state index contributed by atoms with van der Waals surface area (Å²) in [5, 5.41) is 4.63. The first kappa shape index (κ1) is 18.2. The third kappa shape index (κ3) is 4.00. The highest BCUT2D eigenvalue weighted by molar-refractivity contribution is 5.68. The summed E-state index contributed by atoms with van der Waals surface area (Å²) in [6.07, 6.45) is 4.69. The van der Waals surface area contributed by atoms with Gasteiger partial charge in [-0.1, -0.05) is 0 Å². The van der Waals surface area contributed by atoms with Gasteiger partial charge in [0.15, 0.2) is 0 Å². The summed E-state index contributed by atoms with van der Waals surface area (Å²) >= 11 is 0. The lowest BCUT2D eigenvalue weighted by Gasteiger charge is -2.39. The molecule has 3 heterocycles. The number of likely N-dealkylation sites (tertiary alicyclic amines) is 1. The summed E-state index contributed by atoms with van der Waals surface area (Å²) < 4.78 is 13.3. The standard InChI is InChI=1S/C19H31N3O3/c1-13-11-20-22(16-7-9-24-12-16)17(13)15-6-8-21(14(2)10-15)18(23)25-19(3,4)5/h11,14-16H,6-10,12H2,1-5H3/t14-,15-,16+/m1/s1. The Balaban J connectivity index is 1.71. The van der Waals surface area contributed by atoms with Crippen LogP contribution in [0, 0.1) is 6.92 Å².